The van der Waals surface area contributed by atoms with Crippen molar-refractivity contribution in [3.63, 3.8) is 0 Å². The first kappa shape index (κ1) is 19.3. The van der Waals surface area contributed by atoms with Crippen LogP contribution in [0.15, 0.2) is 0 Å². The Kier molecular flexibility index (Phi) is 3.89. The van der Waals surface area contributed by atoms with E-state index in [0.717, 1.165) is 0 Å². The summed E-state index contributed by atoms with van der Waals surface area (Å²) in [6, 6.07) is 0. The van der Waals surface area contributed by atoms with E-state index in [1.165, 1.54) is 6.92 Å². The molecule has 0 bridgehead atoms. The predicted molar refractivity (Wildman–Crippen MR) is 66.0 cm³/mol. The van der Waals surface area contributed by atoms with Gasteiger partial charge in [0.05, 0.1) is 6.10 Å². The SMILES string of the molecule is CCC(O)C1OS(=O)(=O)OC12OS(=O)(=O)OC21OS(=O)(=O)OC1(O)O. The van der Waals surface area contributed by atoms with Crippen LogP contribution in [0.25, 0.3) is 0 Å². The van der Waals surface area contributed by atoms with E-state index in [1.54, 1.807) is 0 Å². The van der Waals surface area contributed by atoms with E-state index in [4.69, 9.17) is 0 Å². The maximum absolute atomic E-state index is 11.7. The van der Waals surface area contributed by atoms with Gasteiger partial charge in [0.1, 0.15) is 0 Å². The highest BCUT2D eigenvalue weighted by molar-refractivity contribution is 7.83. The number of hydrogen-bond donors (Lipinski definition) is 3. The molecule has 2 spiro atoms. The Morgan fingerprint density at radius 3 is 1.84 bits per heavy atom. The third-order valence-electron chi connectivity index (χ3n) is 3.36. The molecule has 3 rings (SSSR count). The van der Waals surface area contributed by atoms with E-state index in [1.807, 2.05) is 0 Å². The summed E-state index contributed by atoms with van der Waals surface area (Å²) in [7, 11) is -15.8. The molecular formula is C7H10O15S3. The van der Waals surface area contributed by atoms with Crippen LogP contribution in [-0.4, -0.2) is 70.3 Å². The lowest BCUT2D eigenvalue weighted by molar-refractivity contribution is -0.433. The summed E-state index contributed by atoms with van der Waals surface area (Å²) in [6.07, 6.45) is -4.54. The number of rotatable bonds is 2. The fourth-order valence-corrected chi connectivity index (χ4v) is 5.71. The van der Waals surface area contributed by atoms with E-state index in [-0.39, 0.29) is 6.42 Å². The molecule has 0 aromatic heterocycles. The molecule has 25 heavy (non-hydrogen) atoms. The fourth-order valence-electron chi connectivity index (χ4n) is 2.43. The first-order valence-electron chi connectivity index (χ1n) is 6.20. The normalized spacial score (nSPS) is 44.4. The Balaban J connectivity index is 2.31. The van der Waals surface area contributed by atoms with E-state index in [0.29, 0.717) is 0 Å². The van der Waals surface area contributed by atoms with Gasteiger partial charge in [0, 0.05) is 0 Å². The summed E-state index contributed by atoms with van der Waals surface area (Å²) in [5.41, 5.74) is 0. The molecule has 0 saturated carbocycles. The predicted octanol–water partition coefficient (Wildman–Crippen LogP) is -3.97. The molecule has 0 aromatic rings. The van der Waals surface area contributed by atoms with Gasteiger partial charge in [-0.1, -0.05) is 6.92 Å². The summed E-state index contributed by atoms with van der Waals surface area (Å²) in [4.78, 5) is 0. The number of aliphatic hydroxyl groups is 3. The average molecular weight is 430 g/mol. The van der Waals surface area contributed by atoms with Crippen LogP contribution >= 0.6 is 0 Å². The zero-order valence-corrected chi connectivity index (χ0v) is 14.3. The minimum absolute atomic E-state index is 0.303. The van der Waals surface area contributed by atoms with E-state index < -0.39 is 61.0 Å². The highest BCUT2D eigenvalue weighted by atomic mass is 32.3. The molecule has 4 atom stereocenters. The molecule has 3 fully saturated rings. The Labute approximate surface area is 140 Å². The molecule has 3 aliphatic heterocycles. The van der Waals surface area contributed by atoms with Gasteiger partial charge in [-0.2, -0.15) is 37.8 Å². The minimum atomic E-state index is -5.35. The molecule has 18 heteroatoms. The van der Waals surface area contributed by atoms with Gasteiger partial charge in [-0.25, -0.2) is 12.5 Å². The van der Waals surface area contributed by atoms with Crippen LogP contribution in [0.5, 0.6) is 0 Å². The van der Waals surface area contributed by atoms with Crippen LogP contribution in [0.2, 0.25) is 0 Å². The maximum Gasteiger partial charge on any atom is 0.407 e. The number of hydrogen-bond acceptors (Lipinski definition) is 15. The van der Waals surface area contributed by atoms with Crippen molar-refractivity contribution < 1.29 is 65.7 Å². The Hall–Kier alpha value is -0.510. The lowest BCUT2D eigenvalue weighted by atomic mass is 9.93. The molecule has 0 radical (unpaired) electrons. The lowest BCUT2D eigenvalue weighted by Crippen LogP contribution is -2.70. The first-order valence-corrected chi connectivity index (χ1v) is 10.2. The number of aliphatic hydroxyl groups excluding tert-OH is 1. The van der Waals surface area contributed by atoms with E-state index >= 15 is 0 Å². The summed E-state index contributed by atoms with van der Waals surface area (Å²) in [5.74, 6) is -11.5. The van der Waals surface area contributed by atoms with Crippen LogP contribution in [0.3, 0.4) is 0 Å². The van der Waals surface area contributed by atoms with Crippen LogP contribution in [0.4, 0.5) is 0 Å². The van der Waals surface area contributed by atoms with Gasteiger partial charge in [-0.3, -0.25) is 0 Å². The molecule has 146 valence electrons. The van der Waals surface area contributed by atoms with Crippen LogP contribution in [-0.2, 0) is 56.3 Å². The standard InChI is InChI=1S/C7H10O15S3/c1-2-3(8)4-5(18-23(11,12)17-4)6(20-24(13,14)19-5)7(9,10)22-25(15,16)21-6/h3-4,8-10H,2H2,1H3. The lowest BCUT2D eigenvalue weighted by Gasteiger charge is -2.36. The third kappa shape index (κ3) is 2.61. The summed E-state index contributed by atoms with van der Waals surface area (Å²) in [5, 5.41) is 29.6. The van der Waals surface area contributed by atoms with Crippen molar-refractivity contribution in [3.05, 3.63) is 0 Å². The fraction of sp³-hybridized carbons (Fsp3) is 1.00. The van der Waals surface area contributed by atoms with Crippen molar-refractivity contribution >= 4 is 31.2 Å². The van der Waals surface area contributed by atoms with Crippen molar-refractivity contribution in [3.8, 4) is 0 Å². The Morgan fingerprint density at radius 2 is 1.36 bits per heavy atom. The van der Waals surface area contributed by atoms with Crippen molar-refractivity contribution in [2.75, 3.05) is 0 Å². The van der Waals surface area contributed by atoms with Gasteiger partial charge >= 0.3 is 48.7 Å². The zero-order valence-electron chi connectivity index (χ0n) is 11.8. The van der Waals surface area contributed by atoms with Gasteiger partial charge in [0.25, 0.3) is 0 Å². The van der Waals surface area contributed by atoms with Gasteiger partial charge in [0.2, 0.25) is 0 Å². The summed E-state index contributed by atoms with van der Waals surface area (Å²) < 4.78 is 94.7. The van der Waals surface area contributed by atoms with Gasteiger partial charge < -0.3 is 15.3 Å². The average Bonchev–Trinajstić information content (AvgIpc) is 2.85. The van der Waals surface area contributed by atoms with Crippen LogP contribution in [0, 0.1) is 0 Å². The third-order valence-corrected chi connectivity index (χ3v) is 6.02. The van der Waals surface area contributed by atoms with Crippen molar-refractivity contribution in [1.82, 2.24) is 0 Å². The summed E-state index contributed by atoms with van der Waals surface area (Å²) >= 11 is 0. The Bertz CT molecular complexity index is 893. The monoisotopic (exact) mass is 430 g/mol. The topological polar surface area (TPSA) is 218 Å². The molecule has 4 unspecified atom stereocenters. The molecule has 15 nitrogen and oxygen atoms in total. The zero-order chi connectivity index (χ0) is 19.1. The summed E-state index contributed by atoms with van der Waals surface area (Å²) in [6.45, 7) is 1.29. The molecule has 0 amide bonds. The Morgan fingerprint density at radius 1 is 0.880 bits per heavy atom. The quantitative estimate of drug-likeness (QED) is 0.356. The number of fused-ring (bicyclic) bond motifs is 1. The van der Waals surface area contributed by atoms with Crippen LogP contribution in [0.1, 0.15) is 13.3 Å². The highest BCUT2D eigenvalue weighted by Gasteiger charge is 2.89. The molecule has 3 aliphatic rings. The maximum atomic E-state index is 11.7. The van der Waals surface area contributed by atoms with Gasteiger partial charge in [-0.15, -0.1) is 0 Å². The largest absolute Gasteiger partial charge is 0.407 e. The van der Waals surface area contributed by atoms with E-state index in [2.05, 4.69) is 25.1 Å². The van der Waals surface area contributed by atoms with Gasteiger partial charge in [-0.05, 0) is 6.42 Å². The molecule has 3 saturated heterocycles. The van der Waals surface area contributed by atoms with Gasteiger partial charge in [0.15, 0.2) is 6.10 Å². The second-order valence-electron chi connectivity index (χ2n) is 5.03. The molecule has 3 heterocycles. The molecular weight excluding hydrogens is 420 g/mol. The molecule has 0 aliphatic carbocycles. The molecule has 3 N–H and O–H groups in total. The van der Waals surface area contributed by atoms with Crippen molar-refractivity contribution in [1.29, 1.82) is 0 Å². The minimum Gasteiger partial charge on any atom is -0.390 e. The van der Waals surface area contributed by atoms with Crippen molar-refractivity contribution in [2.24, 2.45) is 0 Å². The second kappa shape index (κ2) is 5.05. The smallest absolute Gasteiger partial charge is 0.390 e. The first-order chi connectivity index (χ1) is 11.1. The highest BCUT2D eigenvalue weighted by Crippen LogP contribution is 2.58. The van der Waals surface area contributed by atoms with Crippen LogP contribution < -0.4 is 0 Å². The molecule has 0 aromatic carbocycles. The van der Waals surface area contributed by atoms with E-state index in [9.17, 15) is 40.6 Å². The van der Waals surface area contributed by atoms with Crippen molar-refractivity contribution in [2.45, 2.75) is 43.1 Å². The second-order valence-corrected chi connectivity index (χ2v) is 8.50.